The smallest absolute Gasteiger partial charge is 0.423 e. The highest BCUT2D eigenvalue weighted by molar-refractivity contribution is 9.08. The maximum absolute atomic E-state index is 9.10. The van der Waals surface area contributed by atoms with Crippen LogP contribution in [0.1, 0.15) is 33.3 Å². The fourth-order valence-corrected chi connectivity index (χ4v) is 1.42. The second kappa shape index (κ2) is 7.40. The van der Waals surface area contributed by atoms with Gasteiger partial charge in [-0.25, -0.2) is 0 Å². The molecule has 0 unspecified atom stereocenters. The molecule has 4 N–H and O–H groups in total. The van der Waals surface area contributed by atoms with Crippen molar-refractivity contribution in [3.63, 3.8) is 0 Å². The maximum Gasteiger partial charge on any atom is 0.488 e. The average Bonchev–Trinajstić information content (AvgIpc) is 2.27. The van der Waals surface area contributed by atoms with Crippen molar-refractivity contribution in [3.05, 3.63) is 29.8 Å². The Labute approximate surface area is 123 Å². The van der Waals surface area contributed by atoms with Crippen molar-refractivity contribution in [2.24, 2.45) is 0 Å². The van der Waals surface area contributed by atoms with E-state index in [2.05, 4.69) is 15.9 Å². The first-order valence-corrected chi connectivity index (χ1v) is 7.07. The van der Waals surface area contributed by atoms with E-state index in [1.54, 1.807) is 39.8 Å². The van der Waals surface area contributed by atoms with Crippen LogP contribution < -0.4 is 5.46 Å². The van der Waals surface area contributed by atoms with Crippen LogP contribution in [0.5, 0.6) is 0 Å². The molecule has 6 heteroatoms. The van der Waals surface area contributed by atoms with E-state index in [4.69, 9.17) is 20.3 Å². The van der Waals surface area contributed by atoms with E-state index < -0.39 is 18.3 Å². The Morgan fingerprint density at radius 1 is 1.00 bits per heavy atom. The monoisotopic (exact) mass is 332 g/mol. The Bertz CT molecular complexity index is 371. The number of hydrogen-bond donors (Lipinski definition) is 4. The van der Waals surface area contributed by atoms with Crippen LogP contribution in [-0.4, -0.2) is 38.6 Å². The molecule has 4 nitrogen and oxygen atoms in total. The van der Waals surface area contributed by atoms with Crippen molar-refractivity contribution in [2.75, 3.05) is 0 Å². The summed E-state index contributed by atoms with van der Waals surface area (Å²) in [4.78, 5) is 0. The summed E-state index contributed by atoms with van der Waals surface area (Å²) in [5, 5.41) is 36.6. The van der Waals surface area contributed by atoms with Gasteiger partial charge in [-0.05, 0) is 38.7 Å². The first-order chi connectivity index (χ1) is 8.50. The second-order valence-corrected chi connectivity index (χ2v) is 5.88. The lowest BCUT2D eigenvalue weighted by Gasteiger charge is -2.31. The summed E-state index contributed by atoms with van der Waals surface area (Å²) in [5.41, 5.74) is -0.549. The van der Waals surface area contributed by atoms with Gasteiger partial charge in [-0.2, -0.15) is 0 Å². The molecule has 0 saturated heterocycles. The lowest BCUT2D eigenvalue weighted by Crippen LogP contribution is -2.44. The standard InChI is InChI=1S/C7H8BBrO2.C6H14O2/c9-5-6-3-1-2-4-7(6)8(10)11;1-5(2,7)6(3,4)8/h1-4,10-11H,5H2;7-8H,1-4H3. The van der Waals surface area contributed by atoms with Gasteiger partial charge in [0.2, 0.25) is 0 Å². The number of halogens is 1. The van der Waals surface area contributed by atoms with E-state index in [1.807, 2.05) is 12.1 Å². The largest absolute Gasteiger partial charge is 0.488 e. The minimum absolute atomic E-state index is 0.560. The molecular formula is C13H22BBrO4. The summed E-state index contributed by atoms with van der Waals surface area (Å²) in [7, 11) is -1.37. The Balaban J connectivity index is 0.000000362. The molecule has 1 aromatic rings. The molecule has 0 spiro atoms. The summed E-state index contributed by atoms with van der Waals surface area (Å²) in [6.07, 6.45) is 0. The molecule has 0 saturated carbocycles. The van der Waals surface area contributed by atoms with Crippen molar-refractivity contribution in [2.45, 2.75) is 44.2 Å². The lowest BCUT2D eigenvalue weighted by molar-refractivity contribution is -0.107. The van der Waals surface area contributed by atoms with Gasteiger partial charge < -0.3 is 20.3 Å². The van der Waals surface area contributed by atoms with Crippen LogP contribution in [0.25, 0.3) is 0 Å². The zero-order valence-corrected chi connectivity index (χ0v) is 13.3. The molecule has 0 aromatic heterocycles. The molecule has 0 atom stereocenters. The van der Waals surface area contributed by atoms with Crippen LogP contribution in [0.4, 0.5) is 0 Å². The van der Waals surface area contributed by atoms with Gasteiger partial charge in [-0.15, -0.1) is 0 Å². The Morgan fingerprint density at radius 3 is 1.68 bits per heavy atom. The molecule has 19 heavy (non-hydrogen) atoms. The third-order valence-corrected chi connectivity index (χ3v) is 3.58. The molecular weight excluding hydrogens is 311 g/mol. The molecule has 0 aliphatic heterocycles. The summed E-state index contributed by atoms with van der Waals surface area (Å²) in [5.74, 6) is 0. The normalized spacial score (nSPS) is 11.6. The van der Waals surface area contributed by atoms with E-state index in [-0.39, 0.29) is 0 Å². The van der Waals surface area contributed by atoms with Crippen molar-refractivity contribution in [3.8, 4) is 0 Å². The third kappa shape index (κ3) is 6.54. The highest BCUT2D eigenvalue weighted by Crippen LogP contribution is 2.19. The minimum Gasteiger partial charge on any atom is -0.423 e. The first-order valence-electron chi connectivity index (χ1n) is 5.95. The third-order valence-electron chi connectivity index (χ3n) is 2.97. The number of hydrogen-bond acceptors (Lipinski definition) is 4. The van der Waals surface area contributed by atoms with Gasteiger partial charge >= 0.3 is 7.12 Å². The topological polar surface area (TPSA) is 80.9 Å². The van der Waals surface area contributed by atoms with E-state index in [0.717, 1.165) is 5.56 Å². The highest BCUT2D eigenvalue weighted by Gasteiger charge is 2.31. The Hall–Kier alpha value is -0.395. The average molecular weight is 333 g/mol. The molecule has 0 fully saturated rings. The van der Waals surface area contributed by atoms with Gasteiger partial charge in [0.25, 0.3) is 0 Å². The quantitative estimate of drug-likeness (QED) is 0.487. The number of rotatable bonds is 3. The summed E-state index contributed by atoms with van der Waals surface area (Å²) in [6.45, 7) is 6.31. The number of aliphatic hydroxyl groups is 2. The van der Waals surface area contributed by atoms with Gasteiger partial charge in [0.15, 0.2) is 0 Å². The molecule has 1 rings (SSSR count). The lowest BCUT2D eigenvalue weighted by atomic mass is 9.77. The van der Waals surface area contributed by atoms with Gasteiger partial charge in [0.05, 0.1) is 11.2 Å². The molecule has 0 aliphatic carbocycles. The predicted octanol–water partition coefficient (Wildman–Crippen LogP) is 0.789. The van der Waals surface area contributed by atoms with Gasteiger partial charge in [-0.3, -0.25) is 0 Å². The molecule has 0 heterocycles. The minimum atomic E-state index is -1.37. The van der Waals surface area contributed by atoms with Crippen LogP contribution in [0.15, 0.2) is 24.3 Å². The zero-order valence-electron chi connectivity index (χ0n) is 11.8. The van der Waals surface area contributed by atoms with E-state index in [9.17, 15) is 0 Å². The number of alkyl halides is 1. The van der Waals surface area contributed by atoms with Crippen LogP contribution in [0, 0.1) is 0 Å². The van der Waals surface area contributed by atoms with Crippen LogP contribution >= 0.6 is 15.9 Å². The summed E-state index contributed by atoms with van der Waals surface area (Å²) >= 11 is 3.25. The zero-order chi connectivity index (χ0) is 15.3. The van der Waals surface area contributed by atoms with Crippen molar-refractivity contribution in [1.82, 2.24) is 0 Å². The van der Waals surface area contributed by atoms with Crippen molar-refractivity contribution >= 4 is 28.5 Å². The maximum atomic E-state index is 9.10. The van der Waals surface area contributed by atoms with Crippen LogP contribution in [-0.2, 0) is 5.33 Å². The molecule has 0 amide bonds. The fraction of sp³-hybridized carbons (Fsp3) is 0.538. The van der Waals surface area contributed by atoms with Crippen LogP contribution in [0.2, 0.25) is 0 Å². The highest BCUT2D eigenvalue weighted by atomic mass is 79.9. The predicted molar refractivity (Wildman–Crippen MR) is 81.5 cm³/mol. The van der Waals surface area contributed by atoms with Crippen molar-refractivity contribution in [1.29, 1.82) is 0 Å². The Kier molecular flexibility index (Phi) is 7.25. The van der Waals surface area contributed by atoms with E-state index in [0.29, 0.717) is 10.8 Å². The first kappa shape index (κ1) is 18.6. The molecule has 0 radical (unpaired) electrons. The number of benzene rings is 1. The second-order valence-electron chi connectivity index (χ2n) is 5.32. The van der Waals surface area contributed by atoms with Gasteiger partial charge in [-0.1, -0.05) is 40.2 Å². The van der Waals surface area contributed by atoms with Gasteiger partial charge in [0.1, 0.15) is 0 Å². The summed E-state index contributed by atoms with van der Waals surface area (Å²) in [6, 6.07) is 7.19. The molecule has 1 aromatic carbocycles. The Morgan fingerprint density at radius 2 is 1.42 bits per heavy atom. The van der Waals surface area contributed by atoms with E-state index in [1.165, 1.54) is 0 Å². The molecule has 0 aliphatic rings. The molecule has 0 bridgehead atoms. The van der Waals surface area contributed by atoms with Gasteiger partial charge in [0, 0.05) is 5.33 Å². The van der Waals surface area contributed by atoms with Crippen LogP contribution in [0.3, 0.4) is 0 Å². The molecule has 108 valence electrons. The van der Waals surface area contributed by atoms with E-state index >= 15 is 0 Å². The van der Waals surface area contributed by atoms with Crippen molar-refractivity contribution < 1.29 is 20.3 Å². The fourth-order valence-electron chi connectivity index (χ4n) is 0.908. The SMILES string of the molecule is CC(C)(O)C(C)(C)O.OB(O)c1ccccc1CBr. The summed E-state index contributed by atoms with van der Waals surface area (Å²) < 4.78 is 0.